The van der Waals surface area contributed by atoms with E-state index in [1.807, 2.05) is 24.3 Å². The number of hydrogen-bond acceptors (Lipinski definition) is 6. The van der Waals surface area contributed by atoms with E-state index in [2.05, 4.69) is 15.0 Å². The van der Waals surface area contributed by atoms with Gasteiger partial charge in [-0.3, -0.25) is 0 Å². The van der Waals surface area contributed by atoms with E-state index in [4.69, 9.17) is 5.11 Å². The van der Waals surface area contributed by atoms with Gasteiger partial charge in [0.05, 0.1) is 10.2 Å². The molecule has 0 amide bonds. The number of benzene rings is 1. The number of fused-ring (bicyclic) bond motifs is 1. The molecule has 1 aromatic carbocycles. The van der Waals surface area contributed by atoms with Gasteiger partial charge in [-0.1, -0.05) is 12.1 Å². The van der Waals surface area contributed by atoms with Crippen molar-refractivity contribution in [3.05, 3.63) is 41.7 Å². The lowest BCUT2D eigenvalue weighted by atomic mass is 10.3. The zero-order valence-corrected chi connectivity index (χ0v) is 12.0. The number of rotatable bonds is 3. The van der Waals surface area contributed by atoms with Crippen LogP contribution in [0.15, 0.2) is 39.8 Å². The summed E-state index contributed by atoms with van der Waals surface area (Å²) in [7, 11) is 0. The number of para-hydroxylation sites is 1. The van der Waals surface area contributed by atoms with Crippen molar-refractivity contribution in [2.24, 2.45) is 0 Å². The number of thiazole rings is 1. The van der Waals surface area contributed by atoms with Crippen molar-refractivity contribution < 1.29 is 9.90 Å². The number of aryl methyl sites for hydroxylation is 1. The van der Waals surface area contributed by atoms with Crippen LogP contribution in [0, 0.1) is 6.92 Å². The first-order valence-electron chi connectivity index (χ1n) is 5.74. The van der Waals surface area contributed by atoms with Gasteiger partial charge in [-0.25, -0.2) is 19.7 Å². The van der Waals surface area contributed by atoms with Crippen molar-refractivity contribution in [1.82, 2.24) is 15.0 Å². The van der Waals surface area contributed by atoms with Gasteiger partial charge in [-0.15, -0.1) is 11.3 Å². The molecule has 0 aliphatic rings. The van der Waals surface area contributed by atoms with E-state index in [1.54, 1.807) is 6.92 Å². The second kappa shape index (κ2) is 5.18. The number of carbonyl (C=O) groups is 1. The van der Waals surface area contributed by atoms with Gasteiger partial charge in [0.2, 0.25) is 0 Å². The first kappa shape index (κ1) is 13.0. The van der Waals surface area contributed by atoms with Crippen LogP contribution in [-0.4, -0.2) is 26.0 Å². The first-order valence-corrected chi connectivity index (χ1v) is 7.37. The van der Waals surface area contributed by atoms with Crippen LogP contribution < -0.4 is 0 Å². The minimum atomic E-state index is -1.05. The lowest BCUT2D eigenvalue weighted by Gasteiger charge is -2.00. The lowest BCUT2D eigenvalue weighted by molar-refractivity contribution is 0.0689. The minimum absolute atomic E-state index is 0.00103. The average molecular weight is 303 g/mol. The normalized spacial score (nSPS) is 10.8. The van der Waals surface area contributed by atoms with Crippen molar-refractivity contribution in [3.63, 3.8) is 0 Å². The average Bonchev–Trinajstić information content (AvgIpc) is 2.79. The van der Waals surface area contributed by atoms with E-state index in [1.165, 1.54) is 29.2 Å². The third-order valence-corrected chi connectivity index (χ3v) is 4.47. The SMILES string of the molecule is Cc1cc(C(=O)O)nc(Sc2nc3ccccc3s2)n1. The fourth-order valence-electron chi connectivity index (χ4n) is 1.67. The van der Waals surface area contributed by atoms with Crippen LogP contribution in [0.4, 0.5) is 0 Å². The zero-order valence-electron chi connectivity index (χ0n) is 10.4. The molecule has 0 fully saturated rings. The smallest absolute Gasteiger partial charge is 0.354 e. The summed E-state index contributed by atoms with van der Waals surface area (Å²) in [6.45, 7) is 1.75. The molecule has 0 unspecified atom stereocenters. The summed E-state index contributed by atoms with van der Waals surface area (Å²) in [5.74, 6) is -1.05. The van der Waals surface area contributed by atoms with Crippen LogP contribution in [0.5, 0.6) is 0 Å². The fourth-order valence-corrected chi connectivity index (χ4v) is 3.66. The van der Waals surface area contributed by atoms with Crippen LogP contribution in [0.3, 0.4) is 0 Å². The largest absolute Gasteiger partial charge is 0.477 e. The molecule has 100 valence electrons. The number of hydrogen-bond donors (Lipinski definition) is 1. The number of nitrogens with zero attached hydrogens (tertiary/aromatic N) is 3. The molecule has 2 aromatic heterocycles. The molecule has 20 heavy (non-hydrogen) atoms. The summed E-state index contributed by atoms with van der Waals surface area (Å²) < 4.78 is 1.88. The maximum atomic E-state index is 11.0. The van der Waals surface area contributed by atoms with Crippen molar-refractivity contribution >= 4 is 39.3 Å². The monoisotopic (exact) mass is 303 g/mol. The van der Waals surface area contributed by atoms with Gasteiger partial charge in [-0.2, -0.15) is 0 Å². The van der Waals surface area contributed by atoms with Crippen molar-refractivity contribution in [1.29, 1.82) is 0 Å². The molecule has 0 aliphatic carbocycles. The molecule has 7 heteroatoms. The summed E-state index contributed by atoms with van der Waals surface area (Å²) in [4.78, 5) is 23.7. The van der Waals surface area contributed by atoms with E-state index in [0.29, 0.717) is 10.9 Å². The van der Waals surface area contributed by atoms with Crippen LogP contribution >= 0.6 is 23.1 Å². The molecular weight excluding hydrogens is 294 g/mol. The van der Waals surface area contributed by atoms with Gasteiger partial charge in [0.15, 0.2) is 15.2 Å². The predicted octanol–water partition coefficient (Wildman–Crippen LogP) is 3.24. The predicted molar refractivity (Wildman–Crippen MR) is 77.5 cm³/mol. The summed E-state index contributed by atoms with van der Waals surface area (Å²) in [6, 6.07) is 9.28. The Bertz CT molecular complexity index is 768. The lowest BCUT2D eigenvalue weighted by Crippen LogP contribution is -2.03. The Balaban J connectivity index is 1.96. The van der Waals surface area contributed by atoms with Gasteiger partial charge in [0, 0.05) is 5.69 Å². The van der Waals surface area contributed by atoms with Gasteiger partial charge in [0.25, 0.3) is 0 Å². The highest BCUT2D eigenvalue weighted by Crippen LogP contribution is 2.32. The highest BCUT2D eigenvalue weighted by Gasteiger charge is 2.12. The summed E-state index contributed by atoms with van der Waals surface area (Å²) >= 11 is 2.82. The molecule has 0 bridgehead atoms. The molecule has 0 radical (unpaired) electrons. The van der Waals surface area contributed by atoms with Gasteiger partial charge < -0.3 is 5.11 Å². The van der Waals surface area contributed by atoms with E-state index >= 15 is 0 Å². The molecule has 3 aromatic rings. The Morgan fingerprint density at radius 1 is 1.25 bits per heavy atom. The molecule has 0 saturated heterocycles. The Kier molecular flexibility index (Phi) is 3.37. The number of aromatic carboxylic acids is 1. The second-order valence-electron chi connectivity index (χ2n) is 4.03. The molecule has 1 N–H and O–H groups in total. The standard InChI is InChI=1S/C13H9N3O2S2/c1-7-6-9(11(17)18)15-12(14-7)20-13-16-8-4-2-3-5-10(8)19-13/h2-6H,1H3,(H,17,18). The Morgan fingerprint density at radius 2 is 2.05 bits per heavy atom. The maximum absolute atomic E-state index is 11.0. The minimum Gasteiger partial charge on any atom is -0.477 e. The molecule has 3 rings (SSSR count). The molecular formula is C13H9N3O2S2. The summed E-state index contributed by atoms with van der Waals surface area (Å²) in [5, 5.41) is 9.41. The first-order chi connectivity index (χ1) is 9.61. The molecule has 5 nitrogen and oxygen atoms in total. The number of carboxylic acids is 1. The second-order valence-corrected chi connectivity index (χ2v) is 6.28. The topological polar surface area (TPSA) is 76.0 Å². The highest BCUT2D eigenvalue weighted by atomic mass is 32.2. The van der Waals surface area contributed by atoms with Crippen molar-refractivity contribution in [2.75, 3.05) is 0 Å². The molecule has 2 heterocycles. The van der Waals surface area contributed by atoms with Crippen molar-refractivity contribution in [3.8, 4) is 0 Å². The molecule has 0 saturated carbocycles. The van der Waals surface area contributed by atoms with E-state index < -0.39 is 5.97 Å². The molecule has 0 aliphatic heterocycles. The van der Waals surface area contributed by atoms with E-state index in [9.17, 15) is 4.79 Å². The van der Waals surface area contributed by atoms with Crippen LogP contribution in [0.1, 0.15) is 16.2 Å². The number of carboxylic acid groups (broad SMARTS) is 1. The Hall–Kier alpha value is -1.99. The quantitative estimate of drug-likeness (QED) is 0.749. The fraction of sp³-hybridized carbons (Fsp3) is 0.0769. The third kappa shape index (κ3) is 2.63. The third-order valence-electron chi connectivity index (χ3n) is 2.51. The van der Waals surface area contributed by atoms with E-state index in [-0.39, 0.29) is 5.69 Å². The van der Waals surface area contributed by atoms with Crippen LogP contribution in [-0.2, 0) is 0 Å². The Morgan fingerprint density at radius 3 is 2.80 bits per heavy atom. The number of aromatic nitrogens is 3. The Labute approximate surface area is 122 Å². The van der Waals surface area contributed by atoms with Gasteiger partial charge >= 0.3 is 5.97 Å². The van der Waals surface area contributed by atoms with Gasteiger partial charge in [0.1, 0.15) is 0 Å². The molecule has 0 atom stereocenters. The van der Waals surface area contributed by atoms with Crippen LogP contribution in [0.25, 0.3) is 10.2 Å². The highest BCUT2D eigenvalue weighted by molar-refractivity contribution is 8.01. The van der Waals surface area contributed by atoms with E-state index in [0.717, 1.165) is 14.6 Å². The van der Waals surface area contributed by atoms with Crippen LogP contribution in [0.2, 0.25) is 0 Å². The van der Waals surface area contributed by atoms with Gasteiger partial charge in [-0.05, 0) is 36.9 Å². The maximum Gasteiger partial charge on any atom is 0.354 e. The zero-order chi connectivity index (χ0) is 14.1. The summed E-state index contributed by atoms with van der Waals surface area (Å²) in [6.07, 6.45) is 0. The summed E-state index contributed by atoms with van der Waals surface area (Å²) in [5.41, 5.74) is 1.55. The molecule has 0 spiro atoms. The van der Waals surface area contributed by atoms with Crippen molar-refractivity contribution in [2.45, 2.75) is 16.4 Å².